The smallest absolute Gasteiger partial charge is 0.266 e. The average Bonchev–Trinajstić information content (AvgIpc) is 3.10. The van der Waals surface area contributed by atoms with E-state index in [4.69, 9.17) is 0 Å². The number of nitrogens with zero attached hydrogens (tertiary/aromatic N) is 2. The zero-order valence-electron chi connectivity index (χ0n) is 13.2. The van der Waals surface area contributed by atoms with Crippen molar-refractivity contribution in [1.82, 2.24) is 4.98 Å². The van der Waals surface area contributed by atoms with Crippen LogP contribution in [-0.4, -0.2) is 17.4 Å². The van der Waals surface area contributed by atoms with Crippen LogP contribution in [0, 0.1) is 11.6 Å². The molecule has 1 amide bonds. The van der Waals surface area contributed by atoms with Gasteiger partial charge < -0.3 is 0 Å². The van der Waals surface area contributed by atoms with E-state index in [2.05, 4.69) is 11.6 Å². The van der Waals surface area contributed by atoms with Gasteiger partial charge in [0, 0.05) is 17.5 Å². The van der Waals surface area contributed by atoms with Gasteiger partial charge in [-0.15, -0.1) is 17.9 Å². The summed E-state index contributed by atoms with van der Waals surface area (Å²) in [6.07, 6.45) is 1.49. The van der Waals surface area contributed by atoms with E-state index in [0.717, 1.165) is 17.7 Å². The van der Waals surface area contributed by atoms with Crippen LogP contribution in [0.3, 0.4) is 0 Å². The van der Waals surface area contributed by atoms with E-state index in [0.29, 0.717) is 10.8 Å². The molecular weight excluding hydrogens is 342 g/mol. The molecule has 126 valence electrons. The van der Waals surface area contributed by atoms with Crippen LogP contribution < -0.4 is 4.90 Å². The molecule has 6 heteroatoms. The van der Waals surface area contributed by atoms with E-state index in [9.17, 15) is 13.6 Å². The van der Waals surface area contributed by atoms with Crippen molar-refractivity contribution in [3.63, 3.8) is 0 Å². The lowest BCUT2D eigenvalue weighted by molar-refractivity contribution is 0.0981. The SMILES string of the molecule is C=CCN(C(=O)c1c(F)cccc1F)c1nc(-c2ccccc2)cs1. The standard InChI is InChI=1S/C19H14F2N2OS/c1-2-11-23(18(24)17-14(20)9-6-10-15(17)21)19-22-16(12-25-19)13-7-4-3-5-8-13/h2-10,12H,1,11H2. The van der Waals surface area contributed by atoms with Gasteiger partial charge in [0.1, 0.15) is 17.2 Å². The lowest BCUT2D eigenvalue weighted by Gasteiger charge is -2.18. The van der Waals surface area contributed by atoms with Crippen LogP contribution in [0.2, 0.25) is 0 Å². The number of carbonyl (C=O) groups is 1. The van der Waals surface area contributed by atoms with Crippen molar-refractivity contribution < 1.29 is 13.6 Å². The number of hydrogen-bond acceptors (Lipinski definition) is 3. The average molecular weight is 356 g/mol. The molecule has 3 nitrogen and oxygen atoms in total. The van der Waals surface area contributed by atoms with E-state index in [-0.39, 0.29) is 6.54 Å². The van der Waals surface area contributed by atoms with Crippen molar-refractivity contribution in [2.24, 2.45) is 0 Å². The van der Waals surface area contributed by atoms with E-state index in [1.165, 1.54) is 28.4 Å². The van der Waals surface area contributed by atoms with Crippen molar-refractivity contribution >= 4 is 22.4 Å². The molecule has 25 heavy (non-hydrogen) atoms. The summed E-state index contributed by atoms with van der Waals surface area (Å²) in [5.74, 6) is -2.60. The molecule has 2 aromatic carbocycles. The second kappa shape index (κ2) is 7.36. The van der Waals surface area contributed by atoms with Gasteiger partial charge in [0.2, 0.25) is 0 Å². The first-order chi connectivity index (χ1) is 12.1. The Balaban J connectivity index is 1.98. The molecule has 0 saturated heterocycles. The molecule has 0 aliphatic rings. The monoisotopic (exact) mass is 356 g/mol. The number of amides is 1. The highest BCUT2D eigenvalue weighted by molar-refractivity contribution is 7.14. The van der Waals surface area contributed by atoms with Crippen molar-refractivity contribution in [2.75, 3.05) is 11.4 Å². The van der Waals surface area contributed by atoms with Gasteiger partial charge in [-0.1, -0.05) is 42.5 Å². The number of aromatic nitrogens is 1. The third-order valence-corrected chi connectivity index (χ3v) is 4.39. The van der Waals surface area contributed by atoms with Gasteiger partial charge in [-0.3, -0.25) is 9.69 Å². The van der Waals surface area contributed by atoms with Crippen LogP contribution in [0.25, 0.3) is 11.3 Å². The van der Waals surface area contributed by atoms with Crippen LogP contribution in [0.5, 0.6) is 0 Å². The Morgan fingerprint density at radius 1 is 1.12 bits per heavy atom. The Morgan fingerprint density at radius 2 is 1.80 bits per heavy atom. The van der Waals surface area contributed by atoms with Crippen molar-refractivity contribution in [2.45, 2.75) is 0 Å². The first-order valence-corrected chi connectivity index (χ1v) is 8.37. The maximum Gasteiger partial charge on any atom is 0.266 e. The first-order valence-electron chi connectivity index (χ1n) is 7.49. The van der Waals surface area contributed by atoms with Crippen LogP contribution in [0.15, 0.2) is 66.6 Å². The van der Waals surface area contributed by atoms with Crippen LogP contribution in [0.4, 0.5) is 13.9 Å². The summed E-state index contributed by atoms with van der Waals surface area (Å²) in [6.45, 7) is 3.70. The first kappa shape index (κ1) is 17.0. The summed E-state index contributed by atoms with van der Waals surface area (Å²) >= 11 is 1.23. The zero-order chi connectivity index (χ0) is 17.8. The Morgan fingerprint density at radius 3 is 2.44 bits per heavy atom. The minimum Gasteiger partial charge on any atom is -0.280 e. The highest BCUT2D eigenvalue weighted by Crippen LogP contribution is 2.29. The summed E-state index contributed by atoms with van der Waals surface area (Å²) in [6, 6.07) is 12.8. The van der Waals surface area contributed by atoms with E-state index in [1.807, 2.05) is 30.3 Å². The van der Waals surface area contributed by atoms with Crippen molar-refractivity contribution in [1.29, 1.82) is 0 Å². The van der Waals surface area contributed by atoms with Gasteiger partial charge in [-0.25, -0.2) is 13.8 Å². The Bertz CT molecular complexity index is 889. The predicted molar refractivity (Wildman–Crippen MR) is 95.8 cm³/mol. The largest absolute Gasteiger partial charge is 0.280 e. The number of hydrogen-bond donors (Lipinski definition) is 0. The number of halogens is 2. The minimum atomic E-state index is -0.904. The number of rotatable bonds is 5. The number of thiazole rings is 1. The molecule has 3 rings (SSSR count). The second-order valence-electron chi connectivity index (χ2n) is 5.18. The maximum atomic E-state index is 14.0. The Hall–Kier alpha value is -2.86. The fourth-order valence-electron chi connectivity index (χ4n) is 2.34. The number of benzene rings is 2. The highest BCUT2D eigenvalue weighted by Gasteiger charge is 2.25. The normalized spacial score (nSPS) is 10.5. The van der Waals surface area contributed by atoms with E-state index < -0.39 is 23.1 Å². The van der Waals surface area contributed by atoms with Crippen LogP contribution >= 0.6 is 11.3 Å². The molecule has 0 aliphatic carbocycles. The molecule has 0 spiro atoms. The molecular formula is C19H14F2N2OS. The molecule has 0 N–H and O–H groups in total. The van der Waals surface area contributed by atoms with Gasteiger partial charge in [0.05, 0.1) is 5.69 Å². The molecule has 0 aliphatic heterocycles. The lowest BCUT2D eigenvalue weighted by Crippen LogP contribution is -2.32. The maximum absolute atomic E-state index is 14.0. The third kappa shape index (κ3) is 3.49. The number of anilines is 1. The number of carbonyl (C=O) groups excluding carboxylic acids is 1. The van der Waals surface area contributed by atoms with Crippen molar-refractivity contribution in [3.8, 4) is 11.3 Å². The van der Waals surface area contributed by atoms with Gasteiger partial charge >= 0.3 is 0 Å². The molecule has 0 atom stereocenters. The predicted octanol–water partition coefficient (Wildman–Crippen LogP) is 4.92. The summed E-state index contributed by atoms with van der Waals surface area (Å²) in [5.41, 5.74) is 0.991. The molecule has 0 fully saturated rings. The third-order valence-electron chi connectivity index (χ3n) is 3.53. The quantitative estimate of drug-likeness (QED) is 0.608. The Labute approximate surface area is 147 Å². The summed E-state index contributed by atoms with van der Waals surface area (Å²) in [5, 5.41) is 2.15. The second-order valence-corrected chi connectivity index (χ2v) is 6.02. The van der Waals surface area contributed by atoms with Gasteiger partial charge in [-0.2, -0.15) is 0 Å². The van der Waals surface area contributed by atoms with Crippen LogP contribution in [-0.2, 0) is 0 Å². The summed E-state index contributed by atoms with van der Waals surface area (Å²) < 4.78 is 27.9. The highest BCUT2D eigenvalue weighted by atomic mass is 32.1. The molecule has 0 saturated carbocycles. The topological polar surface area (TPSA) is 33.2 Å². The Kier molecular flexibility index (Phi) is 5.00. The molecule has 1 heterocycles. The zero-order valence-corrected chi connectivity index (χ0v) is 14.0. The van der Waals surface area contributed by atoms with E-state index in [1.54, 1.807) is 5.38 Å². The minimum absolute atomic E-state index is 0.0916. The molecule has 0 unspecified atom stereocenters. The summed E-state index contributed by atoms with van der Waals surface area (Å²) in [4.78, 5) is 18.3. The van der Waals surface area contributed by atoms with Gasteiger partial charge in [-0.05, 0) is 12.1 Å². The molecule has 0 radical (unpaired) electrons. The molecule has 3 aromatic rings. The van der Waals surface area contributed by atoms with Crippen LogP contribution in [0.1, 0.15) is 10.4 Å². The van der Waals surface area contributed by atoms with Crippen molar-refractivity contribution in [3.05, 3.63) is 83.8 Å². The molecule has 1 aromatic heterocycles. The lowest BCUT2D eigenvalue weighted by atomic mass is 10.1. The van der Waals surface area contributed by atoms with E-state index >= 15 is 0 Å². The fraction of sp³-hybridized carbons (Fsp3) is 0.0526. The molecule has 0 bridgehead atoms. The van der Waals surface area contributed by atoms with Gasteiger partial charge in [0.25, 0.3) is 5.91 Å². The fourth-order valence-corrected chi connectivity index (χ4v) is 3.19. The van der Waals surface area contributed by atoms with Gasteiger partial charge in [0.15, 0.2) is 5.13 Å². The summed E-state index contributed by atoms with van der Waals surface area (Å²) in [7, 11) is 0.